The molecule has 1 N–H and O–H groups in total. The predicted octanol–water partition coefficient (Wildman–Crippen LogP) is 3.83. The van der Waals surface area contributed by atoms with Crippen LogP contribution in [0, 0.1) is 6.92 Å². The summed E-state index contributed by atoms with van der Waals surface area (Å²) in [7, 11) is -3.56. The highest BCUT2D eigenvalue weighted by Gasteiger charge is 2.16. The first-order chi connectivity index (χ1) is 11.5. The summed E-state index contributed by atoms with van der Waals surface area (Å²) in [4.78, 5) is 13.9. The molecule has 2 aromatic heterocycles. The fraction of sp³-hybridized carbons (Fsp3) is 0.118. The van der Waals surface area contributed by atoms with Gasteiger partial charge in [-0.05, 0) is 42.6 Å². The van der Waals surface area contributed by atoms with E-state index in [9.17, 15) is 13.2 Å². The molecule has 0 aliphatic carbocycles. The molecule has 0 bridgehead atoms. The Balaban J connectivity index is 1.69. The van der Waals surface area contributed by atoms with E-state index in [1.54, 1.807) is 42.5 Å². The average Bonchev–Trinajstić information content (AvgIpc) is 3.25. The molecule has 0 atom stereocenters. The van der Waals surface area contributed by atoms with Crippen molar-refractivity contribution >= 4 is 38.5 Å². The van der Waals surface area contributed by atoms with Crippen molar-refractivity contribution in [1.82, 2.24) is 4.72 Å². The molecule has 1 aromatic carbocycles. The van der Waals surface area contributed by atoms with Crippen LogP contribution in [0.4, 0.5) is 0 Å². The molecule has 0 spiro atoms. The van der Waals surface area contributed by atoms with Crippen LogP contribution in [0.15, 0.2) is 58.1 Å². The quantitative estimate of drug-likeness (QED) is 0.664. The minimum atomic E-state index is -3.56. The van der Waals surface area contributed by atoms with Gasteiger partial charge in [0.15, 0.2) is 0 Å². The van der Waals surface area contributed by atoms with Gasteiger partial charge >= 0.3 is 0 Å². The highest BCUT2D eigenvalue weighted by atomic mass is 32.2. The van der Waals surface area contributed by atoms with Crippen molar-refractivity contribution in [3.63, 3.8) is 0 Å². The van der Waals surface area contributed by atoms with Crippen LogP contribution in [-0.4, -0.2) is 14.2 Å². The number of ketones is 1. The Morgan fingerprint density at radius 3 is 2.50 bits per heavy atom. The normalized spacial score (nSPS) is 11.5. The van der Waals surface area contributed by atoms with Crippen LogP contribution in [-0.2, 0) is 16.6 Å². The van der Waals surface area contributed by atoms with Crippen molar-refractivity contribution in [2.75, 3.05) is 0 Å². The second kappa shape index (κ2) is 6.98. The Bertz CT molecular complexity index is 939. The Kier molecular flexibility index (Phi) is 4.96. The lowest BCUT2D eigenvalue weighted by Crippen LogP contribution is -2.22. The van der Waals surface area contributed by atoms with Crippen LogP contribution in [0.3, 0.4) is 0 Å². The number of hydrogen-bond acceptors (Lipinski definition) is 5. The molecule has 0 radical (unpaired) electrons. The summed E-state index contributed by atoms with van der Waals surface area (Å²) in [5.41, 5.74) is 1.66. The number of hydrogen-bond donors (Lipinski definition) is 1. The van der Waals surface area contributed by atoms with Gasteiger partial charge < -0.3 is 0 Å². The molecule has 0 saturated heterocycles. The molecule has 4 nitrogen and oxygen atoms in total. The molecule has 3 aromatic rings. The lowest BCUT2D eigenvalue weighted by atomic mass is 10.2. The van der Waals surface area contributed by atoms with E-state index in [4.69, 9.17) is 0 Å². The Morgan fingerprint density at radius 2 is 1.83 bits per heavy atom. The zero-order valence-electron chi connectivity index (χ0n) is 12.9. The van der Waals surface area contributed by atoms with Crippen LogP contribution in [0.5, 0.6) is 0 Å². The van der Waals surface area contributed by atoms with Crippen LogP contribution in [0.1, 0.15) is 25.7 Å². The first-order valence-electron chi connectivity index (χ1n) is 7.18. The molecule has 0 unspecified atom stereocenters. The van der Waals surface area contributed by atoms with Crippen LogP contribution in [0.2, 0.25) is 0 Å². The highest BCUT2D eigenvalue weighted by Crippen LogP contribution is 2.22. The van der Waals surface area contributed by atoms with Gasteiger partial charge in [-0.15, -0.1) is 11.3 Å². The molecule has 124 valence electrons. The Hall–Kier alpha value is -1.80. The van der Waals surface area contributed by atoms with Crippen molar-refractivity contribution in [3.05, 3.63) is 74.1 Å². The molecule has 2 heterocycles. The van der Waals surface area contributed by atoms with Gasteiger partial charge in [0.25, 0.3) is 0 Å². The smallest absolute Gasteiger partial charge is 0.240 e. The summed E-state index contributed by atoms with van der Waals surface area (Å²) in [6, 6.07) is 12.0. The largest absolute Gasteiger partial charge is 0.288 e. The predicted molar refractivity (Wildman–Crippen MR) is 97.3 cm³/mol. The molecule has 3 rings (SSSR count). The third-order valence-electron chi connectivity index (χ3n) is 3.44. The van der Waals surface area contributed by atoms with Crippen molar-refractivity contribution in [3.8, 4) is 0 Å². The van der Waals surface area contributed by atoms with E-state index in [1.165, 1.54) is 22.7 Å². The van der Waals surface area contributed by atoms with Gasteiger partial charge in [-0.25, -0.2) is 13.1 Å². The molecule has 24 heavy (non-hydrogen) atoms. The molecule has 0 fully saturated rings. The summed E-state index contributed by atoms with van der Waals surface area (Å²) in [5.74, 6) is -0.0334. The van der Waals surface area contributed by atoms with Crippen molar-refractivity contribution < 1.29 is 13.2 Å². The van der Waals surface area contributed by atoms with Gasteiger partial charge in [0, 0.05) is 22.4 Å². The number of carbonyl (C=O) groups is 1. The van der Waals surface area contributed by atoms with E-state index in [2.05, 4.69) is 4.72 Å². The van der Waals surface area contributed by atoms with Crippen molar-refractivity contribution in [2.24, 2.45) is 0 Å². The minimum absolute atomic E-state index is 0.0334. The maximum Gasteiger partial charge on any atom is 0.240 e. The van der Waals surface area contributed by atoms with E-state index in [-0.39, 0.29) is 17.2 Å². The van der Waals surface area contributed by atoms with Gasteiger partial charge in [-0.1, -0.05) is 17.7 Å². The van der Waals surface area contributed by atoms with E-state index in [0.29, 0.717) is 10.4 Å². The number of carbonyl (C=O) groups excluding carboxylic acids is 1. The molecule has 0 amide bonds. The summed E-state index contributed by atoms with van der Waals surface area (Å²) < 4.78 is 27.1. The monoisotopic (exact) mass is 377 g/mol. The standard InChI is InChI=1S/C17H15NO3S3/c1-12-2-5-15(6-3-12)24(20,21)18-10-14-4-7-16(23-14)17(19)13-8-9-22-11-13/h2-9,11,18H,10H2,1H3. The number of thiophene rings is 2. The molecular weight excluding hydrogens is 362 g/mol. The number of nitrogens with one attached hydrogen (secondary N) is 1. The molecule has 7 heteroatoms. The zero-order chi connectivity index (χ0) is 17.2. The van der Waals surface area contributed by atoms with Gasteiger partial charge in [-0.2, -0.15) is 11.3 Å². The molecule has 0 saturated carbocycles. The molecule has 0 aliphatic heterocycles. The topological polar surface area (TPSA) is 63.2 Å². The molecular formula is C17H15NO3S3. The van der Waals surface area contributed by atoms with E-state index in [0.717, 1.165) is 10.4 Å². The number of aryl methyl sites for hydroxylation is 1. The zero-order valence-corrected chi connectivity index (χ0v) is 15.3. The summed E-state index contributed by atoms with van der Waals surface area (Å²) in [6.45, 7) is 2.07. The average molecular weight is 378 g/mol. The van der Waals surface area contributed by atoms with Crippen molar-refractivity contribution in [2.45, 2.75) is 18.4 Å². The third-order valence-corrected chi connectivity index (χ3v) is 6.62. The van der Waals surface area contributed by atoms with Gasteiger partial charge in [0.05, 0.1) is 9.77 Å². The van der Waals surface area contributed by atoms with E-state index >= 15 is 0 Å². The van der Waals surface area contributed by atoms with Crippen LogP contribution in [0.25, 0.3) is 0 Å². The second-order valence-electron chi connectivity index (χ2n) is 5.24. The first-order valence-corrected chi connectivity index (χ1v) is 10.4. The second-order valence-corrected chi connectivity index (χ2v) is 8.96. The summed E-state index contributed by atoms with van der Waals surface area (Å²) in [5, 5.41) is 3.67. The maximum atomic E-state index is 12.3. The van der Waals surface area contributed by atoms with E-state index < -0.39 is 10.0 Å². The van der Waals surface area contributed by atoms with Gasteiger partial charge in [-0.3, -0.25) is 4.79 Å². The maximum absolute atomic E-state index is 12.3. The highest BCUT2D eigenvalue weighted by molar-refractivity contribution is 7.89. The Labute approximate surface area is 148 Å². The van der Waals surface area contributed by atoms with Crippen LogP contribution < -0.4 is 4.72 Å². The SMILES string of the molecule is Cc1ccc(S(=O)(=O)NCc2ccc(C(=O)c3ccsc3)s2)cc1. The van der Waals surface area contributed by atoms with Gasteiger partial charge in [0.1, 0.15) is 0 Å². The Morgan fingerprint density at radius 1 is 1.08 bits per heavy atom. The fourth-order valence-corrected chi connectivity index (χ4v) is 4.74. The number of sulfonamides is 1. The molecule has 0 aliphatic rings. The minimum Gasteiger partial charge on any atom is -0.288 e. The summed E-state index contributed by atoms with van der Waals surface area (Å²) >= 11 is 2.78. The number of benzene rings is 1. The lowest BCUT2D eigenvalue weighted by Gasteiger charge is -2.05. The fourth-order valence-electron chi connectivity index (χ4n) is 2.10. The summed E-state index contributed by atoms with van der Waals surface area (Å²) in [6.07, 6.45) is 0. The van der Waals surface area contributed by atoms with Crippen molar-refractivity contribution in [1.29, 1.82) is 0 Å². The first kappa shape index (κ1) is 17.0. The van der Waals surface area contributed by atoms with Crippen LogP contribution >= 0.6 is 22.7 Å². The third kappa shape index (κ3) is 3.81. The number of rotatable bonds is 6. The van der Waals surface area contributed by atoms with Gasteiger partial charge in [0.2, 0.25) is 15.8 Å². The van der Waals surface area contributed by atoms with E-state index in [1.807, 2.05) is 17.7 Å². The lowest BCUT2D eigenvalue weighted by molar-refractivity contribution is 0.104.